The Balaban J connectivity index is 1.80. The van der Waals surface area contributed by atoms with E-state index in [0.29, 0.717) is 48.3 Å². The minimum absolute atomic E-state index is 0.0378. The molecule has 0 saturated carbocycles. The molecule has 1 amide bonds. The van der Waals surface area contributed by atoms with E-state index in [-0.39, 0.29) is 11.6 Å². The highest BCUT2D eigenvalue weighted by Gasteiger charge is 2.18. The van der Waals surface area contributed by atoms with Gasteiger partial charge in [0.2, 0.25) is 5.75 Å². The van der Waals surface area contributed by atoms with Crippen LogP contribution in [-0.4, -0.2) is 30.7 Å². The highest BCUT2D eigenvalue weighted by molar-refractivity contribution is 6.05. The van der Waals surface area contributed by atoms with E-state index in [4.69, 9.17) is 14.2 Å². The Labute approximate surface area is 192 Å². The van der Waals surface area contributed by atoms with E-state index in [1.165, 1.54) is 12.1 Å². The summed E-state index contributed by atoms with van der Waals surface area (Å²) in [7, 11) is 0. The molecule has 0 unspecified atom stereocenters. The summed E-state index contributed by atoms with van der Waals surface area (Å²) >= 11 is 0. The summed E-state index contributed by atoms with van der Waals surface area (Å²) in [5.41, 5.74) is 2.74. The average Bonchev–Trinajstić information content (AvgIpc) is 2.82. The van der Waals surface area contributed by atoms with Gasteiger partial charge in [0.1, 0.15) is 0 Å². The summed E-state index contributed by atoms with van der Waals surface area (Å²) in [5, 5.41) is 13.7. The zero-order chi connectivity index (χ0) is 23.8. The number of rotatable bonds is 10. The SMILES string of the molecule is CCOc1cc(C(=O)Nc2ccc(-c3ccc([N+](=O)[O-])cc3)cc2)cc(OCC)c1OCC. The van der Waals surface area contributed by atoms with Crippen LogP contribution in [0.15, 0.2) is 60.7 Å². The molecule has 0 aromatic heterocycles. The Kier molecular flexibility index (Phi) is 7.86. The van der Waals surface area contributed by atoms with Gasteiger partial charge in [0.15, 0.2) is 11.5 Å². The molecule has 3 aromatic carbocycles. The van der Waals surface area contributed by atoms with E-state index >= 15 is 0 Å². The Morgan fingerprint density at radius 2 is 1.30 bits per heavy atom. The smallest absolute Gasteiger partial charge is 0.269 e. The Bertz CT molecular complexity index is 1080. The first-order chi connectivity index (χ1) is 16.0. The third-order valence-corrected chi connectivity index (χ3v) is 4.73. The summed E-state index contributed by atoms with van der Waals surface area (Å²) in [4.78, 5) is 23.3. The molecule has 0 aliphatic carbocycles. The summed E-state index contributed by atoms with van der Waals surface area (Å²) < 4.78 is 17.0. The summed E-state index contributed by atoms with van der Waals surface area (Å²) in [6.07, 6.45) is 0. The van der Waals surface area contributed by atoms with Crippen LogP contribution in [0.4, 0.5) is 11.4 Å². The van der Waals surface area contributed by atoms with Crippen molar-refractivity contribution in [3.8, 4) is 28.4 Å². The van der Waals surface area contributed by atoms with Gasteiger partial charge >= 0.3 is 0 Å². The molecule has 172 valence electrons. The van der Waals surface area contributed by atoms with Gasteiger partial charge in [-0.1, -0.05) is 12.1 Å². The number of carbonyl (C=O) groups excluding carboxylic acids is 1. The zero-order valence-corrected chi connectivity index (χ0v) is 18.8. The van der Waals surface area contributed by atoms with Crippen LogP contribution in [0.5, 0.6) is 17.2 Å². The van der Waals surface area contributed by atoms with E-state index in [1.54, 1.807) is 36.4 Å². The summed E-state index contributed by atoms with van der Waals surface area (Å²) in [6.45, 7) is 6.85. The molecule has 0 spiro atoms. The van der Waals surface area contributed by atoms with Crippen molar-refractivity contribution in [1.29, 1.82) is 0 Å². The molecule has 3 rings (SSSR count). The number of nitro groups is 1. The molecule has 0 bridgehead atoms. The molecule has 3 aromatic rings. The van der Waals surface area contributed by atoms with Gasteiger partial charge in [-0.3, -0.25) is 14.9 Å². The summed E-state index contributed by atoms with van der Waals surface area (Å²) in [6, 6.07) is 16.8. The number of hydrogen-bond acceptors (Lipinski definition) is 6. The quantitative estimate of drug-likeness (QED) is 0.314. The second kappa shape index (κ2) is 11.0. The number of anilines is 1. The van der Waals surface area contributed by atoms with Gasteiger partial charge < -0.3 is 19.5 Å². The van der Waals surface area contributed by atoms with Crippen molar-refractivity contribution in [2.24, 2.45) is 0 Å². The zero-order valence-electron chi connectivity index (χ0n) is 18.8. The summed E-state index contributed by atoms with van der Waals surface area (Å²) in [5.74, 6) is 1.06. The molecule has 0 atom stereocenters. The van der Waals surface area contributed by atoms with Crippen molar-refractivity contribution >= 4 is 17.3 Å². The first-order valence-corrected chi connectivity index (χ1v) is 10.7. The number of amides is 1. The lowest BCUT2D eigenvalue weighted by Crippen LogP contribution is -2.13. The largest absolute Gasteiger partial charge is 0.490 e. The number of nitro benzene ring substituents is 1. The standard InChI is InChI=1S/C25H26N2O6/c1-4-31-22-15-19(16-23(32-5-2)24(22)33-6-3)25(28)26-20-11-7-17(8-12-20)18-9-13-21(14-10-18)27(29)30/h7-16H,4-6H2,1-3H3,(H,26,28). The third-order valence-electron chi connectivity index (χ3n) is 4.73. The van der Waals surface area contributed by atoms with Crippen molar-refractivity contribution in [1.82, 2.24) is 0 Å². The molecule has 0 aliphatic heterocycles. The van der Waals surface area contributed by atoms with Crippen LogP contribution in [0.25, 0.3) is 11.1 Å². The monoisotopic (exact) mass is 450 g/mol. The van der Waals surface area contributed by atoms with E-state index in [2.05, 4.69) is 5.32 Å². The van der Waals surface area contributed by atoms with Gasteiger partial charge in [0.05, 0.1) is 24.7 Å². The van der Waals surface area contributed by atoms with Crippen LogP contribution >= 0.6 is 0 Å². The lowest BCUT2D eigenvalue weighted by Gasteiger charge is -2.17. The van der Waals surface area contributed by atoms with E-state index in [1.807, 2.05) is 32.9 Å². The maximum absolute atomic E-state index is 12.9. The number of nitrogens with one attached hydrogen (secondary N) is 1. The van der Waals surface area contributed by atoms with Crippen LogP contribution in [0, 0.1) is 10.1 Å². The highest BCUT2D eigenvalue weighted by Crippen LogP contribution is 2.39. The van der Waals surface area contributed by atoms with Gasteiger partial charge in [-0.25, -0.2) is 0 Å². The number of hydrogen-bond donors (Lipinski definition) is 1. The molecule has 0 radical (unpaired) electrons. The van der Waals surface area contributed by atoms with E-state index in [9.17, 15) is 14.9 Å². The van der Waals surface area contributed by atoms with Gasteiger partial charge in [-0.05, 0) is 68.3 Å². The lowest BCUT2D eigenvalue weighted by molar-refractivity contribution is -0.384. The van der Waals surface area contributed by atoms with E-state index < -0.39 is 4.92 Å². The van der Waals surface area contributed by atoms with E-state index in [0.717, 1.165) is 11.1 Å². The number of nitrogens with zero attached hydrogens (tertiary/aromatic N) is 1. The van der Waals surface area contributed by atoms with Crippen LogP contribution in [0.2, 0.25) is 0 Å². The molecule has 8 nitrogen and oxygen atoms in total. The number of ether oxygens (including phenoxy) is 3. The fourth-order valence-electron chi connectivity index (χ4n) is 3.24. The predicted molar refractivity (Wildman–Crippen MR) is 126 cm³/mol. The topological polar surface area (TPSA) is 99.9 Å². The van der Waals surface area contributed by atoms with Crippen LogP contribution in [0.1, 0.15) is 31.1 Å². The van der Waals surface area contributed by atoms with Crippen molar-refractivity contribution < 1.29 is 23.9 Å². The van der Waals surface area contributed by atoms with Gasteiger partial charge in [0, 0.05) is 23.4 Å². The Hall–Kier alpha value is -4.07. The molecule has 1 N–H and O–H groups in total. The Morgan fingerprint density at radius 3 is 1.76 bits per heavy atom. The lowest BCUT2D eigenvalue weighted by atomic mass is 10.0. The fraction of sp³-hybridized carbons (Fsp3) is 0.240. The number of benzene rings is 3. The fourth-order valence-corrected chi connectivity index (χ4v) is 3.24. The van der Waals surface area contributed by atoms with Crippen molar-refractivity contribution in [3.05, 3.63) is 76.3 Å². The molecule has 8 heteroatoms. The maximum atomic E-state index is 12.9. The molecular weight excluding hydrogens is 424 g/mol. The third kappa shape index (κ3) is 5.79. The molecule has 33 heavy (non-hydrogen) atoms. The highest BCUT2D eigenvalue weighted by atomic mass is 16.6. The van der Waals surface area contributed by atoms with Crippen molar-refractivity contribution in [2.75, 3.05) is 25.1 Å². The normalized spacial score (nSPS) is 10.4. The van der Waals surface area contributed by atoms with Crippen LogP contribution < -0.4 is 19.5 Å². The predicted octanol–water partition coefficient (Wildman–Crippen LogP) is 5.71. The van der Waals surface area contributed by atoms with Crippen LogP contribution in [-0.2, 0) is 0 Å². The molecule has 0 aliphatic rings. The van der Waals surface area contributed by atoms with Gasteiger partial charge in [-0.2, -0.15) is 0 Å². The maximum Gasteiger partial charge on any atom is 0.269 e. The minimum atomic E-state index is -0.433. The molecular formula is C25H26N2O6. The minimum Gasteiger partial charge on any atom is -0.490 e. The van der Waals surface area contributed by atoms with Crippen molar-refractivity contribution in [2.45, 2.75) is 20.8 Å². The molecule has 0 heterocycles. The number of carbonyl (C=O) groups is 1. The van der Waals surface area contributed by atoms with Gasteiger partial charge in [-0.15, -0.1) is 0 Å². The van der Waals surface area contributed by atoms with Crippen molar-refractivity contribution in [3.63, 3.8) is 0 Å². The second-order valence-corrected chi connectivity index (χ2v) is 6.94. The molecule has 0 fully saturated rings. The Morgan fingerprint density at radius 1 is 0.818 bits per heavy atom. The average molecular weight is 450 g/mol. The number of non-ortho nitro benzene ring substituents is 1. The van der Waals surface area contributed by atoms with Gasteiger partial charge in [0.25, 0.3) is 11.6 Å². The first-order valence-electron chi connectivity index (χ1n) is 10.7. The molecule has 0 saturated heterocycles. The second-order valence-electron chi connectivity index (χ2n) is 6.94. The van der Waals surface area contributed by atoms with Crippen LogP contribution in [0.3, 0.4) is 0 Å². The first kappa shape index (κ1) is 23.6.